The van der Waals surface area contributed by atoms with E-state index in [-0.39, 0.29) is 17.7 Å². The van der Waals surface area contributed by atoms with Crippen LogP contribution in [0.5, 0.6) is 0 Å². The number of esters is 2. The van der Waals surface area contributed by atoms with Gasteiger partial charge in [0, 0.05) is 23.7 Å². The van der Waals surface area contributed by atoms with Gasteiger partial charge in [0.25, 0.3) is 11.3 Å². The molecule has 2 unspecified atom stereocenters. The maximum atomic E-state index is 13.7. The third kappa shape index (κ3) is 6.25. The van der Waals surface area contributed by atoms with Gasteiger partial charge < -0.3 is 23.0 Å². The number of aromatic amines is 1. The second-order valence-corrected chi connectivity index (χ2v) is 12.7. The normalized spacial score (nSPS) is 27.7. The highest BCUT2D eigenvalue weighted by Gasteiger charge is 2.64. The second-order valence-electron chi connectivity index (χ2n) is 10.6. The molecule has 0 spiro atoms. The van der Waals surface area contributed by atoms with Gasteiger partial charge in [0.15, 0.2) is 6.10 Å². The number of H-pyrrole nitrogens is 1. The van der Waals surface area contributed by atoms with Crippen LogP contribution >= 0.6 is 19.4 Å². The molecule has 242 valence electrons. The van der Waals surface area contributed by atoms with Crippen LogP contribution in [0.25, 0.3) is 0 Å². The number of aromatic nitrogens is 2. The highest BCUT2D eigenvalue weighted by atomic mass is 35.5. The first-order valence-corrected chi connectivity index (χ1v) is 15.6. The van der Waals surface area contributed by atoms with E-state index in [9.17, 15) is 23.7 Å². The monoisotopic (exact) mass is 676 g/mol. The average Bonchev–Trinajstić information content (AvgIpc) is 3.81. The first-order chi connectivity index (χ1) is 22.0. The van der Waals surface area contributed by atoms with Crippen molar-refractivity contribution in [3.8, 4) is 0 Å². The van der Waals surface area contributed by atoms with Crippen LogP contribution in [-0.2, 0) is 38.1 Å². The van der Waals surface area contributed by atoms with Crippen molar-refractivity contribution in [3.05, 3.63) is 116 Å². The van der Waals surface area contributed by atoms with E-state index in [1.54, 1.807) is 24.3 Å². The molecule has 0 aliphatic carbocycles. The van der Waals surface area contributed by atoms with E-state index in [4.69, 9.17) is 48.2 Å². The molecule has 2 aliphatic rings. The fraction of sp³-hybridized carbons (Fsp3) is 0.310. The summed E-state index contributed by atoms with van der Waals surface area (Å²) >= 11 is 6.13. The van der Waals surface area contributed by atoms with Crippen molar-refractivity contribution in [1.82, 2.24) is 9.55 Å². The molecule has 0 radical (unpaired) electrons. The third-order valence-corrected chi connectivity index (χ3v) is 9.12. The minimum absolute atomic E-state index is 0.0178. The number of carbonyl (C=O) groups excluding carboxylic acids is 2. The number of halogens is 1. The van der Waals surface area contributed by atoms with Gasteiger partial charge in [0.05, 0.1) is 43.0 Å². The van der Waals surface area contributed by atoms with E-state index in [2.05, 4.69) is 4.98 Å². The summed E-state index contributed by atoms with van der Waals surface area (Å²) in [5, 5.41) is 0.455. The van der Waals surface area contributed by atoms with Gasteiger partial charge in [-0.1, -0.05) is 23.7 Å². The molecule has 0 bridgehead atoms. The molecule has 0 saturated carbocycles. The third-order valence-electron chi connectivity index (χ3n) is 7.43. The van der Waals surface area contributed by atoms with Crippen molar-refractivity contribution in [2.45, 2.75) is 36.9 Å². The van der Waals surface area contributed by atoms with E-state index in [0.29, 0.717) is 17.0 Å². The highest BCUT2D eigenvalue weighted by Crippen LogP contribution is 2.58. The second kappa shape index (κ2) is 12.5. The molecule has 1 aromatic carbocycles. The number of carbonyl (C=O) groups is 2. The lowest BCUT2D eigenvalue weighted by molar-refractivity contribution is -0.142. The zero-order valence-electron chi connectivity index (χ0n) is 24.0. The summed E-state index contributed by atoms with van der Waals surface area (Å²) in [6, 6.07) is 10.5. The Hall–Kier alpha value is -4.24. The summed E-state index contributed by atoms with van der Waals surface area (Å²) in [6.45, 7) is 0.237. The predicted octanol–water partition coefficient (Wildman–Crippen LogP) is 4.20. The summed E-state index contributed by atoms with van der Waals surface area (Å²) in [5.41, 5.74) is -5.18. The molecule has 2 saturated heterocycles. The molecule has 2 fully saturated rings. The average molecular weight is 677 g/mol. The standard InChI is InChI=1S/C29H26ClN2O13P/c1-28(16-42-46(37)41-12-8-22(45-46)18-3-2-4-21(30)13-18)26(43-24(34)19-6-10-38-14-19)29(17-40-28,32-9-5-23(33)31-27(32)36)44-25(35)20-7-11-39-15-20/h2-7,9-11,13-15,22,26H,8,12,16-17H2,1H3,(H,31,33,36)/t22-,26+,28?,29+,46?/m0/s1. The van der Waals surface area contributed by atoms with Crippen molar-refractivity contribution in [2.24, 2.45) is 0 Å². The Morgan fingerprint density at radius 2 is 1.83 bits per heavy atom. The molecular weight excluding hydrogens is 651 g/mol. The van der Waals surface area contributed by atoms with Gasteiger partial charge in [0.2, 0.25) is 0 Å². The molecule has 4 aromatic rings. The Bertz CT molecular complexity index is 1890. The number of phosphoric acid groups is 1. The minimum Gasteiger partial charge on any atom is -0.472 e. The Labute approximate surface area is 264 Å². The molecule has 6 rings (SSSR count). The molecule has 5 atom stereocenters. The van der Waals surface area contributed by atoms with Gasteiger partial charge in [-0.05, 0) is 36.8 Å². The summed E-state index contributed by atoms with van der Waals surface area (Å²) in [4.78, 5) is 53.9. The van der Waals surface area contributed by atoms with Crippen molar-refractivity contribution in [1.29, 1.82) is 0 Å². The van der Waals surface area contributed by atoms with E-state index in [0.717, 1.165) is 29.4 Å². The number of phosphoric ester groups is 1. The Morgan fingerprint density at radius 3 is 2.50 bits per heavy atom. The number of nitrogens with one attached hydrogen (secondary N) is 1. The number of hydrogen-bond donors (Lipinski definition) is 1. The van der Waals surface area contributed by atoms with Gasteiger partial charge in [-0.2, -0.15) is 0 Å². The largest absolute Gasteiger partial charge is 0.475 e. The zero-order chi connectivity index (χ0) is 32.5. The van der Waals surface area contributed by atoms with Crippen LogP contribution in [0.2, 0.25) is 5.02 Å². The van der Waals surface area contributed by atoms with E-state index < -0.39 is 67.8 Å². The zero-order valence-corrected chi connectivity index (χ0v) is 25.6. The van der Waals surface area contributed by atoms with Gasteiger partial charge in [0.1, 0.15) is 24.7 Å². The van der Waals surface area contributed by atoms with Crippen molar-refractivity contribution in [2.75, 3.05) is 19.8 Å². The van der Waals surface area contributed by atoms with E-state index in [1.807, 2.05) is 0 Å². The molecule has 3 aromatic heterocycles. The molecule has 15 nitrogen and oxygen atoms in total. The fourth-order valence-corrected chi connectivity index (χ4v) is 6.83. The first-order valence-electron chi connectivity index (χ1n) is 13.8. The smallest absolute Gasteiger partial charge is 0.472 e. The van der Waals surface area contributed by atoms with E-state index >= 15 is 0 Å². The summed E-state index contributed by atoms with van der Waals surface area (Å²) in [5.74, 6) is -1.93. The highest BCUT2D eigenvalue weighted by molar-refractivity contribution is 7.48. The first kappa shape index (κ1) is 31.7. The Morgan fingerprint density at radius 1 is 1.09 bits per heavy atom. The molecule has 5 heterocycles. The fourth-order valence-electron chi connectivity index (χ4n) is 5.15. The van der Waals surface area contributed by atoms with E-state index in [1.165, 1.54) is 31.6 Å². The molecule has 17 heteroatoms. The Balaban J connectivity index is 1.36. The van der Waals surface area contributed by atoms with Crippen LogP contribution in [0.3, 0.4) is 0 Å². The van der Waals surface area contributed by atoms with Crippen LogP contribution in [0.4, 0.5) is 0 Å². The molecule has 0 amide bonds. The molecule has 1 N–H and O–H groups in total. The quantitative estimate of drug-likeness (QED) is 0.196. The van der Waals surface area contributed by atoms with Crippen LogP contribution in [0.15, 0.2) is 92.1 Å². The number of furan rings is 2. The number of nitrogens with zero attached hydrogens (tertiary/aromatic N) is 1. The van der Waals surface area contributed by atoms with Crippen molar-refractivity contribution in [3.63, 3.8) is 0 Å². The number of rotatable bonds is 9. The minimum atomic E-state index is -4.27. The molecular formula is C29H26ClN2O13P. The molecule has 46 heavy (non-hydrogen) atoms. The topological polar surface area (TPSA) is 188 Å². The summed E-state index contributed by atoms with van der Waals surface area (Å²) in [7, 11) is -4.27. The van der Waals surface area contributed by atoms with Gasteiger partial charge >= 0.3 is 25.5 Å². The summed E-state index contributed by atoms with van der Waals surface area (Å²) < 4.78 is 59.3. The van der Waals surface area contributed by atoms with Gasteiger partial charge in [-0.25, -0.2) is 18.9 Å². The number of ether oxygens (including phenoxy) is 3. The maximum absolute atomic E-state index is 13.7. The van der Waals surface area contributed by atoms with Crippen LogP contribution in [-0.4, -0.2) is 53.0 Å². The SMILES string of the molecule is CC1(COP2(=O)OCC[C@@H](c3cccc(Cl)c3)O2)OC[C@](OC(=O)c2ccoc2)(n2ccc(=O)[nH]c2=O)[C@@H]1OC(=O)c1ccoc1. The lowest BCUT2D eigenvalue weighted by Gasteiger charge is -2.38. The number of benzene rings is 1. The van der Waals surface area contributed by atoms with Crippen LogP contribution in [0, 0.1) is 0 Å². The number of hydrogen-bond acceptors (Lipinski definition) is 13. The molecule has 2 aliphatic heterocycles. The van der Waals surface area contributed by atoms with Gasteiger partial charge in [-0.3, -0.25) is 27.9 Å². The van der Waals surface area contributed by atoms with Crippen LogP contribution in [0.1, 0.15) is 45.7 Å². The Kier molecular flexibility index (Phi) is 8.63. The van der Waals surface area contributed by atoms with Crippen LogP contribution < -0.4 is 11.2 Å². The van der Waals surface area contributed by atoms with Crippen molar-refractivity contribution >= 4 is 31.4 Å². The maximum Gasteiger partial charge on any atom is 0.475 e. The summed E-state index contributed by atoms with van der Waals surface area (Å²) in [6.07, 6.45) is 3.75. The van der Waals surface area contributed by atoms with Gasteiger partial charge in [-0.15, -0.1) is 0 Å². The lowest BCUT2D eigenvalue weighted by atomic mass is 9.93. The lowest BCUT2D eigenvalue weighted by Crippen LogP contribution is -2.59. The predicted molar refractivity (Wildman–Crippen MR) is 155 cm³/mol. The van der Waals surface area contributed by atoms with Crippen molar-refractivity contribution < 1.29 is 50.8 Å².